The van der Waals surface area contributed by atoms with Crippen LogP contribution < -0.4 is 9.64 Å². The van der Waals surface area contributed by atoms with Gasteiger partial charge in [0.1, 0.15) is 0 Å². The molecule has 1 aliphatic rings. The Bertz CT molecular complexity index is 3430. The zero-order valence-electron chi connectivity index (χ0n) is 37.4. The number of hydrogen-bond acceptors (Lipinski definition) is 3. The average molecular weight is 1040 g/mol. The van der Waals surface area contributed by atoms with Crippen LogP contribution in [0.4, 0.5) is 11.5 Å². The van der Waals surface area contributed by atoms with Crippen molar-refractivity contribution in [3.05, 3.63) is 227 Å². The molecule has 0 spiro atoms. The van der Waals surface area contributed by atoms with Crippen LogP contribution in [0.5, 0.6) is 11.5 Å². The third-order valence-electron chi connectivity index (χ3n) is 12.7. The van der Waals surface area contributed by atoms with Gasteiger partial charge in [0.05, 0.1) is 0 Å². The fraction of sp³-hybridized carbons (Fsp3) is 0.100. The number of benzene rings is 8. The smallest absolute Gasteiger partial charge is 0.0622 e. The molecule has 2 aromatic heterocycles. The maximum absolute atomic E-state index is 6.85. The van der Waals surface area contributed by atoms with Gasteiger partial charge in [0.25, 0.3) is 0 Å². The predicted molar refractivity (Wildman–Crippen MR) is 268 cm³/mol. The number of anilines is 2. The summed E-state index contributed by atoms with van der Waals surface area (Å²) in [7, 11) is 0. The molecule has 1 aliphatic heterocycles. The van der Waals surface area contributed by atoms with E-state index in [2.05, 4.69) is 249 Å². The van der Waals surface area contributed by atoms with E-state index in [0.717, 1.165) is 65.9 Å². The Morgan fingerprint density at radius 3 is 1.73 bits per heavy atom. The van der Waals surface area contributed by atoms with Crippen LogP contribution in [-0.4, -0.2) is 14.1 Å². The summed E-state index contributed by atoms with van der Waals surface area (Å²) in [6.45, 7) is 9.76. The summed E-state index contributed by atoms with van der Waals surface area (Å²) in [5, 5.41) is 0. The van der Waals surface area contributed by atoms with Gasteiger partial charge >= 0.3 is 321 Å². The number of ether oxygens (including phenoxy) is 1. The van der Waals surface area contributed by atoms with Gasteiger partial charge in [-0.2, -0.15) is 0 Å². The van der Waals surface area contributed by atoms with Crippen molar-refractivity contribution >= 4 is 22.5 Å². The monoisotopic (exact) mass is 1040 g/mol. The third kappa shape index (κ3) is 7.53. The van der Waals surface area contributed by atoms with Gasteiger partial charge < -0.3 is 0 Å². The number of hydrogen-bond donors (Lipinski definition) is 0. The second kappa shape index (κ2) is 16.9. The van der Waals surface area contributed by atoms with E-state index in [9.17, 15) is 0 Å². The van der Waals surface area contributed by atoms with E-state index in [0.29, 0.717) is 6.54 Å². The normalized spacial score (nSPS) is 12.2. The van der Waals surface area contributed by atoms with Gasteiger partial charge in [-0.1, -0.05) is 48.5 Å². The molecule has 0 saturated carbocycles. The molecular weight excluding hydrogens is 988 g/mol. The molecule has 11 rings (SSSR count). The summed E-state index contributed by atoms with van der Waals surface area (Å²) in [4.78, 5) is 7.38. The van der Waals surface area contributed by atoms with Gasteiger partial charge in [0, 0.05) is 11.8 Å². The predicted octanol–water partition coefficient (Wildman–Crippen LogP) is 15.6. The molecule has 0 aliphatic carbocycles. The summed E-state index contributed by atoms with van der Waals surface area (Å²) in [5.41, 5.74) is 18.5. The van der Waals surface area contributed by atoms with Crippen LogP contribution >= 0.6 is 0 Å². The van der Waals surface area contributed by atoms with Gasteiger partial charge in [-0.3, -0.25) is 0 Å². The van der Waals surface area contributed by atoms with Crippen molar-refractivity contribution < 1.29 is 24.1 Å². The van der Waals surface area contributed by atoms with Crippen LogP contribution in [0, 0.1) is 10.7 Å². The second-order valence-electron chi connectivity index (χ2n) is 18.0. The van der Waals surface area contributed by atoms with Crippen LogP contribution in [0.15, 0.2) is 206 Å². The van der Waals surface area contributed by atoms with Crippen molar-refractivity contribution in [1.82, 2.24) is 14.1 Å². The number of pyridine rings is 1. The van der Waals surface area contributed by atoms with Gasteiger partial charge in [-0.15, -0.1) is 0 Å². The summed E-state index contributed by atoms with van der Waals surface area (Å²) >= 11 is 2.52. The Labute approximate surface area is 397 Å². The van der Waals surface area contributed by atoms with E-state index in [-0.39, 0.29) is 5.41 Å². The van der Waals surface area contributed by atoms with Crippen LogP contribution in [0.2, 0.25) is 0 Å². The molecule has 0 atom stereocenters. The molecule has 0 radical (unpaired) electrons. The van der Waals surface area contributed by atoms with Crippen molar-refractivity contribution in [2.75, 3.05) is 4.90 Å². The van der Waals surface area contributed by atoms with E-state index in [1.54, 1.807) is 0 Å². The third-order valence-corrected chi connectivity index (χ3v) is 13.8. The molecule has 66 heavy (non-hydrogen) atoms. The van der Waals surface area contributed by atoms with Crippen LogP contribution in [0.3, 0.4) is 0 Å². The van der Waals surface area contributed by atoms with Gasteiger partial charge in [0.2, 0.25) is 0 Å². The van der Waals surface area contributed by atoms with Gasteiger partial charge in [-0.05, 0) is 18.1 Å². The summed E-state index contributed by atoms with van der Waals surface area (Å²) in [5.74, 6) is 2.42. The molecule has 5 nitrogen and oxygen atoms in total. The molecular formula is C60H48N4OPt. The Balaban J connectivity index is 1.02. The maximum atomic E-state index is 6.85. The molecule has 0 fully saturated rings. The number of fused-ring (bicyclic) bond motifs is 4. The van der Waals surface area contributed by atoms with E-state index >= 15 is 0 Å². The summed E-state index contributed by atoms with van der Waals surface area (Å²) in [6.07, 6.45) is 2.01. The Morgan fingerprint density at radius 2 is 1.09 bits per heavy atom. The molecule has 3 heterocycles. The molecule has 8 aromatic carbocycles. The fourth-order valence-electron chi connectivity index (χ4n) is 9.39. The van der Waals surface area contributed by atoms with E-state index in [4.69, 9.17) is 9.72 Å². The molecule has 0 saturated heterocycles. The molecule has 10 aromatic rings. The topological polar surface area (TPSA) is 35.2 Å². The second-order valence-corrected chi connectivity index (χ2v) is 19.1. The Morgan fingerprint density at radius 1 is 0.515 bits per heavy atom. The standard InChI is InChI=1S/C60H48N4O.Pt/c1-41-33-58(61-38-54(41)44-23-12-7-13-24-44)62-39-45-25-14-15-28-50(45)51-32-31-49(37-57(51)62)65-48-27-18-26-47(36-48)63-40-64(56-30-17-16-29-55(56)63)59-52(42-19-8-5-9-20-42)34-46(60(2,3)4)35-53(59)43-21-10-6-11-22-43;/h5-38H,39H2,1-4H3;. The molecule has 0 amide bonds. The SMILES string of the molecule is Cc1cc(N2Cc3ccccc3-c3ccc(Oc4cccc(-n5[c](=[Pt])n(-c6c(-c7ccccc7)cc(C(C)(C)C)cc6-c6ccccc6)c6ccccc65)c4)cc32)ncc1-c1ccccc1. The number of aryl methyl sites for hydroxylation is 1. The molecule has 0 N–H and O–H groups in total. The first-order valence-corrected chi connectivity index (χ1v) is 23.6. The van der Waals surface area contributed by atoms with E-state index in [1.165, 1.54) is 44.5 Å². The molecule has 0 unspecified atom stereocenters. The van der Waals surface area contributed by atoms with Crippen LogP contribution in [-0.2, 0) is 31.3 Å². The van der Waals surface area contributed by atoms with Crippen molar-refractivity contribution in [3.63, 3.8) is 0 Å². The van der Waals surface area contributed by atoms with Crippen molar-refractivity contribution in [3.8, 4) is 67.4 Å². The zero-order chi connectivity index (χ0) is 44.9. The number of imidazole rings is 1. The number of nitrogens with zero attached hydrogens (tertiary/aromatic N) is 4. The minimum atomic E-state index is -0.0666. The zero-order valence-corrected chi connectivity index (χ0v) is 39.6. The Hall–Kier alpha value is -7.33. The first-order chi connectivity index (χ1) is 32.2. The molecule has 6 heteroatoms. The number of aromatic nitrogens is 3. The van der Waals surface area contributed by atoms with Crippen LogP contribution in [0.1, 0.15) is 37.5 Å². The van der Waals surface area contributed by atoms with E-state index < -0.39 is 0 Å². The first-order valence-electron chi connectivity index (χ1n) is 22.5. The van der Waals surface area contributed by atoms with Crippen molar-refractivity contribution in [2.45, 2.75) is 39.7 Å². The quantitative estimate of drug-likeness (QED) is 0.152. The summed E-state index contributed by atoms with van der Waals surface area (Å²) < 4.78 is 12.7. The average Bonchev–Trinajstić information content (AvgIpc) is 3.64. The molecule has 324 valence electrons. The summed E-state index contributed by atoms with van der Waals surface area (Å²) in [6, 6.07) is 71.4. The number of para-hydroxylation sites is 2. The molecule has 0 bridgehead atoms. The Kier molecular flexibility index (Phi) is 10.6. The van der Waals surface area contributed by atoms with E-state index in [1.807, 2.05) is 18.3 Å². The van der Waals surface area contributed by atoms with Gasteiger partial charge in [0.15, 0.2) is 0 Å². The number of rotatable bonds is 8. The van der Waals surface area contributed by atoms with Crippen LogP contribution in [0.25, 0.3) is 66.9 Å². The first kappa shape index (κ1) is 41.4. The van der Waals surface area contributed by atoms with Gasteiger partial charge in [-0.25, -0.2) is 0 Å². The minimum Gasteiger partial charge on any atom is -0.0622 e. The fourth-order valence-corrected chi connectivity index (χ4v) is 10.5. The minimum absolute atomic E-state index is 0.0666. The van der Waals surface area contributed by atoms with Crippen molar-refractivity contribution in [1.29, 1.82) is 0 Å². The van der Waals surface area contributed by atoms with Crippen molar-refractivity contribution in [2.24, 2.45) is 0 Å².